The van der Waals surface area contributed by atoms with Crippen molar-refractivity contribution in [3.05, 3.63) is 82.7 Å². The maximum atomic E-state index is 11.9. The highest BCUT2D eigenvalue weighted by Gasteiger charge is 2.08. The first-order valence-electron chi connectivity index (χ1n) is 7.03. The average molecular weight is 372 g/mol. The molecule has 116 valence electrons. The summed E-state index contributed by atoms with van der Waals surface area (Å²) in [7, 11) is 0. The van der Waals surface area contributed by atoms with Crippen molar-refractivity contribution in [1.82, 2.24) is 0 Å². The van der Waals surface area contributed by atoms with Gasteiger partial charge in [0.15, 0.2) is 5.76 Å². The lowest BCUT2D eigenvalue weighted by molar-refractivity contribution is 0.0996. The predicted octanol–water partition coefficient (Wildman–Crippen LogP) is 4.87. The number of ether oxygens (including phenoxy) is 1. The van der Waals surface area contributed by atoms with E-state index < -0.39 is 0 Å². The van der Waals surface area contributed by atoms with Gasteiger partial charge in [-0.2, -0.15) is 0 Å². The molecule has 1 aromatic heterocycles. The Balaban J connectivity index is 1.58. The highest BCUT2D eigenvalue weighted by Crippen LogP contribution is 2.19. The number of furan rings is 1. The van der Waals surface area contributed by atoms with Crippen LogP contribution in [0.25, 0.3) is 0 Å². The molecule has 1 N–H and O–H groups in total. The van der Waals surface area contributed by atoms with Crippen LogP contribution in [0, 0.1) is 0 Å². The number of benzene rings is 2. The van der Waals surface area contributed by atoms with Gasteiger partial charge >= 0.3 is 0 Å². The topological polar surface area (TPSA) is 51.5 Å². The molecule has 5 heteroatoms. The Morgan fingerprint density at radius 2 is 1.91 bits per heavy atom. The molecule has 0 spiro atoms. The van der Waals surface area contributed by atoms with Crippen LogP contribution in [0.4, 0.5) is 5.69 Å². The van der Waals surface area contributed by atoms with Crippen LogP contribution in [0.1, 0.15) is 16.1 Å². The van der Waals surface area contributed by atoms with Gasteiger partial charge in [-0.05, 0) is 54.1 Å². The summed E-state index contributed by atoms with van der Waals surface area (Å²) < 4.78 is 11.8. The number of rotatable bonds is 5. The molecular weight excluding hydrogens is 358 g/mol. The van der Waals surface area contributed by atoms with Gasteiger partial charge in [-0.1, -0.05) is 28.1 Å². The maximum absolute atomic E-state index is 11.9. The lowest BCUT2D eigenvalue weighted by atomic mass is 10.2. The number of anilines is 1. The van der Waals surface area contributed by atoms with E-state index >= 15 is 0 Å². The van der Waals surface area contributed by atoms with E-state index in [2.05, 4.69) is 21.2 Å². The molecule has 0 aliphatic heterocycles. The second kappa shape index (κ2) is 7.15. The third-order valence-corrected chi connectivity index (χ3v) is 3.64. The van der Waals surface area contributed by atoms with Crippen molar-refractivity contribution in [3.8, 4) is 5.75 Å². The molecule has 2 aromatic carbocycles. The minimum atomic E-state index is -0.280. The fourth-order valence-electron chi connectivity index (χ4n) is 2.03. The molecule has 1 heterocycles. The molecule has 1 amide bonds. The Bertz CT molecular complexity index is 782. The van der Waals surface area contributed by atoms with Crippen LogP contribution in [0.5, 0.6) is 5.75 Å². The van der Waals surface area contributed by atoms with Gasteiger partial charge in [-0.3, -0.25) is 4.79 Å². The van der Waals surface area contributed by atoms with Gasteiger partial charge in [-0.15, -0.1) is 0 Å². The summed E-state index contributed by atoms with van der Waals surface area (Å²) in [5.74, 6) is 0.735. The van der Waals surface area contributed by atoms with Crippen LogP contribution in [0.2, 0.25) is 0 Å². The van der Waals surface area contributed by atoms with Crippen LogP contribution in [-0.4, -0.2) is 5.91 Å². The SMILES string of the molecule is O=C(Nc1ccc(OCc2cccc(Br)c2)cc1)c1ccco1. The van der Waals surface area contributed by atoms with E-state index in [0.29, 0.717) is 12.3 Å². The Hall–Kier alpha value is -2.53. The molecule has 0 aliphatic rings. The molecule has 0 saturated heterocycles. The summed E-state index contributed by atoms with van der Waals surface area (Å²) in [5, 5.41) is 2.76. The van der Waals surface area contributed by atoms with E-state index in [4.69, 9.17) is 9.15 Å². The fraction of sp³-hybridized carbons (Fsp3) is 0.0556. The molecule has 0 fully saturated rings. The van der Waals surface area contributed by atoms with E-state index in [1.54, 1.807) is 24.3 Å². The van der Waals surface area contributed by atoms with Crippen molar-refractivity contribution in [3.63, 3.8) is 0 Å². The first-order valence-corrected chi connectivity index (χ1v) is 7.82. The molecule has 0 saturated carbocycles. The van der Waals surface area contributed by atoms with E-state index in [9.17, 15) is 4.79 Å². The Labute approximate surface area is 142 Å². The van der Waals surface area contributed by atoms with Crippen LogP contribution < -0.4 is 10.1 Å². The van der Waals surface area contributed by atoms with E-state index in [0.717, 1.165) is 15.8 Å². The minimum absolute atomic E-state index is 0.278. The summed E-state index contributed by atoms with van der Waals surface area (Å²) in [5.41, 5.74) is 1.76. The molecule has 0 radical (unpaired) electrons. The van der Waals surface area contributed by atoms with Crippen molar-refractivity contribution in [2.75, 3.05) is 5.32 Å². The molecule has 3 rings (SSSR count). The first-order chi connectivity index (χ1) is 11.2. The zero-order valence-corrected chi connectivity index (χ0v) is 13.7. The second-order valence-electron chi connectivity index (χ2n) is 4.87. The molecule has 4 nitrogen and oxygen atoms in total. The number of hydrogen-bond donors (Lipinski definition) is 1. The van der Waals surface area contributed by atoms with Crippen molar-refractivity contribution < 1.29 is 13.9 Å². The third kappa shape index (κ3) is 4.23. The lowest BCUT2D eigenvalue weighted by Crippen LogP contribution is -2.10. The summed E-state index contributed by atoms with van der Waals surface area (Å²) in [6.45, 7) is 0.484. The lowest BCUT2D eigenvalue weighted by Gasteiger charge is -2.08. The molecule has 3 aromatic rings. The van der Waals surface area contributed by atoms with Crippen LogP contribution in [0.3, 0.4) is 0 Å². The smallest absolute Gasteiger partial charge is 0.291 e. The largest absolute Gasteiger partial charge is 0.489 e. The van der Waals surface area contributed by atoms with Crippen molar-refractivity contribution in [2.45, 2.75) is 6.61 Å². The quantitative estimate of drug-likeness (QED) is 0.695. The van der Waals surface area contributed by atoms with Crippen molar-refractivity contribution >= 4 is 27.5 Å². The van der Waals surface area contributed by atoms with Gasteiger partial charge < -0.3 is 14.5 Å². The molecule has 0 atom stereocenters. The van der Waals surface area contributed by atoms with Crippen LogP contribution in [-0.2, 0) is 6.61 Å². The summed E-state index contributed by atoms with van der Waals surface area (Å²) in [6.07, 6.45) is 1.47. The number of carbonyl (C=O) groups is 1. The second-order valence-corrected chi connectivity index (χ2v) is 5.79. The Morgan fingerprint density at radius 1 is 1.09 bits per heavy atom. The number of halogens is 1. The van der Waals surface area contributed by atoms with E-state index in [-0.39, 0.29) is 11.7 Å². The molecular formula is C18H14BrNO3. The average Bonchev–Trinajstić information content (AvgIpc) is 3.09. The maximum Gasteiger partial charge on any atom is 0.291 e. The molecule has 0 aliphatic carbocycles. The third-order valence-electron chi connectivity index (χ3n) is 3.15. The van der Waals surface area contributed by atoms with Gasteiger partial charge in [0.25, 0.3) is 5.91 Å². The van der Waals surface area contributed by atoms with E-state index in [1.165, 1.54) is 6.26 Å². The Kier molecular flexibility index (Phi) is 4.78. The van der Waals surface area contributed by atoms with Gasteiger partial charge in [0.1, 0.15) is 12.4 Å². The predicted molar refractivity (Wildman–Crippen MR) is 91.6 cm³/mol. The molecule has 0 bridgehead atoms. The van der Waals surface area contributed by atoms with Crippen molar-refractivity contribution in [2.24, 2.45) is 0 Å². The molecule has 0 unspecified atom stereocenters. The highest BCUT2D eigenvalue weighted by molar-refractivity contribution is 9.10. The summed E-state index contributed by atoms with van der Waals surface area (Å²) >= 11 is 3.43. The normalized spacial score (nSPS) is 10.3. The minimum Gasteiger partial charge on any atom is -0.489 e. The first kappa shape index (κ1) is 15.4. The van der Waals surface area contributed by atoms with Crippen molar-refractivity contribution in [1.29, 1.82) is 0 Å². The standard InChI is InChI=1S/C18H14BrNO3/c19-14-4-1-3-13(11-14)12-23-16-8-6-15(7-9-16)20-18(21)17-5-2-10-22-17/h1-11H,12H2,(H,20,21). The Morgan fingerprint density at radius 3 is 2.61 bits per heavy atom. The monoisotopic (exact) mass is 371 g/mol. The van der Waals surface area contributed by atoms with Crippen LogP contribution in [0.15, 0.2) is 75.8 Å². The van der Waals surface area contributed by atoms with E-state index in [1.807, 2.05) is 36.4 Å². The zero-order chi connectivity index (χ0) is 16.1. The van der Waals surface area contributed by atoms with Gasteiger partial charge in [-0.25, -0.2) is 0 Å². The van der Waals surface area contributed by atoms with Crippen LogP contribution >= 0.6 is 15.9 Å². The number of amides is 1. The summed E-state index contributed by atoms with van der Waals surface area (Å²) in [4.78, 5) is 11.9. The summed E-state index contributed by atoms with van der Waals surface area (Å²) in [6, 6.07) is 18.5. The van der Waals surface area contributed by atoms with Gasteiger partial charge in [0.05, 0.1) is 6.26 Å². The number of hydrogen-bond acceptors (Lipinski definition) is 3. The zero-order valence-electron chi connectivity index (χ0n) is 12.2. The number of carbonyl (C=O) groups excluding carboxylic acids is 1. The number of nitrogens with one attached hydrogen (secondary N) is 1. The highest BCUT2D eigenvalue weighted by atomic mass is 79.9. The fourth-order valence-corrected chi connectivity index (χ4v) is 2.48. The van der Waals surface area contributed by atoms with Gasteiger partial charge in [0, 0.05) is 10.2 Å². The van der Waals surface area contributed by atoms with Gasteiger partial charge in [0.2, 0.25) is 0 Å². The molecule has 23 heavy (non-hydrogen) atoms.